The van der Waals surface area contributed by atoms with E-state index in [4.69, 9.17) is 11.6 Å². The van der Waals surface area contributed by atoms with Crippen LogP contribution in [0.25, 0.3) is 0 Å². The summed E-state index contributed by atoms with van der Waals surface area (Å²) in [4.78, 5) is 40.0. The zero-order valence-corrected chi connectivity index (χ0v) is 18.0. The van der Waals surface area contributed by atoms with E-state index in [0.717, 1.165) is 17.7 Å². The van der Waals surface area contributed by atoms with Crippen LogP contribution in [0.3, 0.4) is 0 Å². The van der Waals surface area contributed by atoms with Crippen LogP contribution in [0.5, 0.6) is 5.75 Å². The third-order valence-electron chi connectivity index (χ3n) is 5.50. The van der Waals surface area contributed by atoms with Gasteiger partial charge in [0.05, 0.1) is 16.9 Å². The summed E-state index contributed by atoms with van der Waals surface area (Å²) in [5.74, 6) is -1.35. The number of amides is 3. The number of fused-ring (bicyclic) bond motifs is 1. The van der Waals surface area contributed by atoms with Gasteiger partial charge in [0, 0.05) is 5.69 Å². The summed E-state index contributed by atoms with van der Waals surface area (Å²) in [6.45, 7) is -3.02. The van der Waals surface area contributed by atoms with Crippen molar-refractivity contribution in [3.8, 4) is 5.75 Å². The van der Waals surface area contributed by atoms with Gasteiger partial charge in [0.25, 0.3) is 0 Å². The second-order valence-electron chi connectivity index (χ2n) is 7.35. The number of halogens is 3. The number of ether oxygens (including phenoxy) is 1. The number of rotatable bonds is 8. The highest BCUT2D eigenvalue weighted by Gasteiger charge is 2.51. The summed E-state index contributed by atoms with van der Waals surface area (Å²) >= 11 is 7.46. The SMILES string of the molecule is CSCCC(C(=O)Nc1ccc(OC(F)F)c(Cl)c1)N1C(=O)C2CCCCC2C1=O. The largest absolute Gasteiger partial charge is 0.433 e. The fourth-order valence-corrected chi connectivity index (χ4v) is 4.78. The molecule has 1 aromatic carbocycles. The van der Waals surface area contributed by atoms with Gasteiger partial charge in [-0.05, 0) is 49.5 Å². The summed E-state index contributed by atoms with van der Waals surface area (Å²) in [7, 11) is 0. The highest BCUT2D eigenvalue weighted by Crippen LogP contribution is 2.39. The molecule has 1 saturated heterocycles. The number of anilines is 1. The lowest BCUT2D eigenvalue weighted by molar-refractivity contribution is -0.146. The molecule has 3 rings (SSSR count). The number of hydrogen-bond donors (Lipinski definition) is 1. The average molecular weight is 461 g/mol. The van der Waals surface area contributed by atoms with E-state index < -0.39 is 18.6 Å². The maximum atomic E-state index is 13.0. The Kier molecular flexibility index (Phi) is 7.57. The van der Waals surface area contributed by atoms with E-state index >= 15 is 0 Å². The molecule has 6 nitrogen and oxygen atoms in total. The van der Waals surface area contributed by atoms with Crippen LogP contribution in [0.1, 0.15) is 32.1 Å². The minimum Gasteiger partial charge on any atom is -0.433 e. The summed E-state index contributed by atoms with van der Waals surface area (Å²) in [5, 5.41) is 2.56. The van der Waals surface area contributed by atoms with Gasteiger partial charge >= 0.3 is 6.61 Å². The third-order valence-corrected chi connectivity index (χ3v) is 6.44. The quantitative estimate of drug-likeness (QED) is 0.589. The molecule has 3 atom stereocenters. The Bertz CT molecular complexity index is 802. The standard InChI is InChI=1S/C20H23ClF2N2O4S/c1-30-9-8-15(25-18(27)12-4-2-3-5-13(12)19(25)28)17(26)24-11-6-7-16(14(21)10-11)29-20(22)23/h6-7,10,12-13,15,20H,2-5,8-9H2,1H3,(H,24,26). The van der Waals surface area contributed by atoms with E-state index in [9.17, 15) is 23.2 Å². The number of thioether (sulfide) groups is 1. The molecule has 2 fully saturated rings. The maximum Gasteiger partial charge on any atom is 0.387 e. The zero-order valence-electron chi connectivity index (χ0n) is 16.4. The van der Waals surface area contributed by atoms with Crippen molar-refractivity contribution in [2.75, 3.05) is 17.3 Å². The zero-order chi connectivity index (χ0) is 21.8. The molecular formula is C20H23ClF2N2O4S. The van der Waals surface area contributed by atoms with E-state index in [0.29, 0.717) is 25.0 Å². The molecule has 3 amide bonds. The first-order valence-electron chi connectivity index (χ1n) is 9.74. The molecule has 1 heterocycles. The molecule has 1 aromatic rings. The molecule has 0 aromatic heterocycles. The van der Waals surface area contributed by atoms with Crippen LogP contribution in [0.2, 0.25) is 5.02 Å². The van der Waals surface area contributed by atoms with Crippen LogP contribution in [-0.4, -0.2) is 47.3 Å². The molecule has 0 bridgehead atoms. The lowest BCUT2D eigenvalue weighted by atomic mass is 9.81. The Balaban J connectivity index is 1.78. The van der Waals surface area contributed by atoms with Crippen LogP contribution in [0.15, 0.2) is 18.2 Å². The van der Waals surface area contributed by atoms with E-state index in [1.807, 2.05) is 6.26 Å². The molecule has 1 saturated carbocycles. The predicted octanol–water partition coefficient (Wildman–Crippen LogP) is 4.18. The number of likely N-dealkylation sites (tertiary alicyclic amines) is 1. The second-order valence-corrected chi connectivity index (χ2v) is 8.75. The minimum absolute atomic E-state index is 0.0897. The van der Waals surface area contributed by atoms with E-state index in [1.54, 1.807) is 0 Å². The normalized spacial score (nSPS) is 22.2. The first-order chi connectivity index (χ1) is 14.3. The van der Waals surface area contributed by atoms with Gasteiger partial charge in [-0.1, -0.05) is 24.4 Å². The van der Waals surface area contributed by atoms with Crippen molar-refractivity contribution in [3.63, 3.8) is 0 Å². The Hall–Kier alpha value is -1.87. The fourth-order valence-electron chi connectivity index (χ4n) is 4.10. The molecule has 2 aliphatic rings. The number of alkyl halides is 2. The van der Waals surface area contributed by atoms with Crippen molar-refractivity contribution in [3.05, 3.63) is 23.2 Å². The van der Waals surface area contributed by atoms with Crippen molar-refractivity contribution in [1.82, 2.24) is 4.90 Å². The first-order valence-corrected chi connectivity index (χ1v) is 11.5. The summed E-state index contributed by atoms with van der Waals surface area (Å²) in [6, 6.07) is 2.96. The molecule has 0 spiro atoms. The minimum atomic E-state index is -3.02. The topological polar surface area (TPSA) is 75.7 Å². The molecule has 1 N–H and O–H groups in total. The van der Waals surface area contributed by atoms with Crippen molar-refractivity contribution >= 4 is 46.8 Å². The predicted molar refractivity (Wildman–Crippen MR) is 111 cm³/mol. The molecule has 30 heavy (non-hydrogen) atoms. The van der Waals surface area contributed by atoms with Gasteiger partial charge in [0.1, 0.15) is 11.8 Å². The van der Waals surface area contributed by atoms with E-state index in [2.05, 4.69) is 10.1 Å². The molecular weight excluding hydrogens is 438 g/mol. The van der Waals surface area contributed by atoms with Crippen LogP contribution in [0, 0.1) is 11.8 Å². The number of benzene rings is 1. The number of carbonyl (C=O) groups excluding carboxylic acids is 3. The monoisotopic (exact) mass is 460 g/mol. The van der Waals surface area contributed by atoms with Gasteiger partial charge in [0.15, 0.2) is 0 Å². The molecule has 3 unspecified atom stereocenters. The maximum absolute atomic E-state index is 13.0. The van der Waals surface area contributed by atoms with Crippen molar-refractivity contribution < 1.29 is 27.9 Å². The van der Waals surface area contributed by atoms with Crippen molar-refractivity contribution in [2.45, 2.75) is 44.8 Å². The van der Waals surface area contributed by atoms with Gasteiger partial charge < -0.3 is 10.1 Å². The number of nitrogens with zero attached hydrogens (tertiary/aromatic N) is 1. The van der Waals surface area contributed by atoms with Crippen molar-refractivity contribution in [1.29, 1.82) is 0 Å². The first kappa shape index (κ1) is 22.8. The van der Waals surface area contributed by atoms with Crippen LogP contribution >= 0.6 is 23.4 Å². The lowest BCUT2D eigenvalue weighted by Crippen LogP contribution is -2.48. The van der Waals surface area contributed by atoms with Crippen LogP contribution < -0.4 is 10.1 Å². The van der Waals surface area contributed by atoms with Gasteiger partial charge in [-0.25, -0.2) is 0 Å². The van der Waals surface area contributed by atoms with Gasteiger partial charge in [-0.15, -0.1) is 0 Å². The third kappa shape index (κ3) is 4.88. The Morgan fingerprint density at radius 2 is 1.90 bits per heavy atom. The van der Waals surface area contributed by atoms with Gasteiger partial charge in [-0.3, -0.25) is 19.3 Å². The lowest BCUT2D eigenvalue weighted by Gasteiger charge is -2.26. The van der Waals surface area contributed by atoms with Gasteiger partial charge in [0.2, 0.25) is 17.7 Å². The number of imide groups is 1. The second kappa shape index (κ2) is 9.96. The summed E-state index contributed by atoms with van der Waals surface area (Å²) in [6.07, 6.45) is 5.35. The van der Waals surface area contributed by atoms with Crippen LogP contribution in [0.4, 0.5) is 14.5 Å². The summed E-state index contributed by atoms with van der Waals surface area (Å²) in [5.41, 5.74) is 0.261. The Morgan fingerprint density at radius 1 is 1.27 bits per heavy atom. The van der Waals surface area contributed by atoms with Gasteiger partial charge in [-0.2, -0.15) is 20.5 Å². The summed E-state index contributed by atoms with van der Waals surface area (Å²) < 4.78 is 29.1. The highest BCUT2D eigenvalue weighted by atomic mass is 35.5. The molecule has 1 aliphatic heterocycles. The molecule has 0 radical (unpaired) electrons. The molecule has 164 valence electrons. The van der Waals surface area contributed by atoms with Crippen molar-refractivity contribution in [2.24, 2.45) is 11.8 Å². The van der Waals surface area contributed by atoms with E-state index in [1.165, 1.54) is 30.0 Å². The molecule has 10 heteroatoms. The number of nitrogens with one attached hydrogen (secondary N) is 1. The number of hydrogen-bond acceptors (Lipinski definition) is 5. The average Bonchev–Trinajstić information content (AvgIpc) is 2.95. The Labute approximate surface area is 182 Å². The van der Waals surface area contributed by atoms with Crippen LogP contribution in [-0.2, 0) is 14.4 Å². The highest BCUT2D eigenvalue weighted by molar-refractivity contribution is 7.98. The smallest absolute Gasteiger partial charge is 0.387 e. The number of carbonyl (C=O) groups is 3. The fraction of sp³-hybridized carbons (Fsp3) is 0.550. The van der Waals surface area contributed by atoms with E-state index in [-0.39, 0.29) is 40.1 Å². The molecule has 1 aliphatic carbocycles. The Morgan fingerprint density at radius 3 is 2.43 bits per heavy atom.